The average molecular weight is 502 g/mol. The van der Waals surface area contributed by atoms with Crippen molar-refractivity contribution in [1.29, 1.82) is 0 Å². The van der Waals surface area contributed by atoms with E-state index in [1.54, 1.807) is 11.8 Å². The van der Waals surface area contributed by atoms with E-state index >= 15 is 0 Å². The number of thioether (sulfide) groups is 1. The number of hydrogen-bond donors (Lipinski definition) is 1. The number of pyridine rings is 1. The van der Waals surface area contributed by atoms with Gasteiger partial charge in [-0.25, -0.2) is 29.7 Å². The van der Waals surface area contributed by atoms with Crippen LogP contribution in [0.25, 0.3) is 21.6 Å². The summed E-state index contributed by atoms with van der Waals surface area (Å²) in [7, 11) is 0. The molecule has 7 nitrogen and oxygen atoms in total. The minimum Gasteiger partial charge on any atom is -0.470 e. The predicted octanol–water partition coefficient (Wildman–Crippen LogP) is 4.99. The molecule has 10 heteroatoms. The topological polar surface area (TPSA) is 71.9 Å². The minimum atomic E-state index is -1.01. The normalized spacial score (nSPS) is 23.3. The number of benzene rings is 1. The van der Waals surface area contributed by atoms with Crippen molar-refractivity contribution in [3.63, 3.8) is 0 Å². The number of alkyl halides is 1. The van der Waals surface area contributed by atoms with Crippen LogP contribution in [0.2, 0.25) is 0 Å². The molecule has 0 spiro atoms. The molecule has 1 fully saturated rings. The van der Waals surface area contributed by atoms with Crippen molar-refractivity contribution in [2.24, 2.45) is 16.8 Å². The summed E-state index contributed by atoms with van der Waals surface area (Å²) in [5, 5.41) is 0.529. The van der Waals surface area contributed by atoms with Crippen molar-refractivity contribution in [3.05, 3.63) is 36.4 Å². The number of nitrogens with one attached hydrogen (secondary N) is 1. The van der Waals surface area contributed by atoms with Crippen LogP contribution < -0.4 is 10.2 Å². The van der Waals surface area contributed by atoms with Crippen LogP contribution in [0.3, 0.4) is 0 Å². The van der Waals surface area contributed by atoms with Crippen molar-refractivity contribution in [2.75, 3.05) is 26.0 Å². The highest BCUT2D eigenvalue weighted by molar-refractivity contribution is 7.98. The van der Waals surface area contributed by atoms with Gasteiger partial charge >= 0.3 is 0 Å². The molecule has 34 heavy (non-hydrogen) atoms. The maximum absolute atomic E-state index is 14.9. The highest BCUT2D eigenvalue weighted by atomic mass is 32.2. The summed E-state index contributed by atoms with van der Waals surface area (Å²) in [5.74, 6) is 0.859. The van der Waals surface area contributed by atoms with Gasteiger partial charge in [-0.15, -0.1) is 11.8 Å². The highest BCUT2D eigenvalue weighted by Crippen LogP contribution is 2.31. The monoisotopic (exact) mass is 501 g/mol. The molecule has 0 saturated carbocycles. The molecule has 5 rings (SSSR count). The molecule has 2 aliphatic heterocycles. The number of rotatable bonds is 7. The summed E-state index contributed by atoms with van der Waals surface area (Å²) in [5.41, 5.74) is 5.61. The maximum Gasteiger partial charge on any atom is 0.275 e. The zero-order valence-corrected chi connectivity index (χ0v) is 21.0. The fourth-order valence-corrected chi connectivity index (χ4v) is 5.24. The average Bonchev–Trinajstić information content (AvgIpc) is 3.50. The zero-order chi connectivity index (χ0) is 23.7. The molecule has 0 aliphatic carbocycles. The summed E-state index contributed by atoms with van der Waals surface area (Å²) < 4.78 is 20.9. The van der Waals surface area contributed by atoms with E-state index in [9.17, 15) is 4.39 Å². The molecule has 4 heterocycles. The Balaban J connectivity index is 1.19. The Morgan fingerprint density at radius 3 is 2.76 bits per heavy atom. The molecule has 1 aromatic carbocycles. The van der Waals surface area contributed by atoms with Crippen LogP contribution in [0.5, 0.6) is 5.19 Å². The maximum atomic E-state index is 14.9. The summed E-state index contributed by atoms with van der Waals surface area (Å²) in [6.45, 7) is 5.36. The molecular weight excluding hydrogens is 473 g/mol. The number of ether oxygens (including phenoxy) is 1. The van der Waals surface area contributed by atoms with E-state index < -0.39 is 12.5 Å². The second kappa shape index (κ2) is 10.2. The van der Waals surface area contributed by atoms with E-state index in [2.05, 4.69) is 46.0 Å². The number of aliphatic imine (C=N–C) groups is 1. The molecule has 1 saturated heterocycles. The van der Waals surface area contributed by atoms with E-state index in [1.165, 1.54) is 16.2 Å². The third-order valence-corrected chi connectivity index (χ3v) is 7.75. The number of likely N-dealkylation sites (tertiary alicyclic amines) is 1. The van der Waals surface area contributed by atoms with Gasteiger partial charge in [-0.3, -0.25) is 4.90 Å². The third-order valence-electron chi connectivity index (χ3n) is 6.13. The van der Waals surface area contributed by atoms with Gasteiger partial charge in [0.2, 0.25) is 6.35 Å². The molecule has 3 unspecified atom stereocenters. The predicted molar refractivity (Wildman–Crippen MR) is 135 cm³/mol. The Morgan fingerprint density at radius 1 is 1.24 bits per heavy atom. The fraction of sp³-hybridized carbons (Fsp3) is 0.458. The summed E-state index contributed by atoms with van der Waals surface area (Å²) in [6.07, 6.45) is 1.26. The lowest BCUT2D eigenvalue weighted by Gasteiger charge is -2.35. The molecule has 0 bridgehead atoms. The number of hydroxylamine groups is 1. The van der Waals surface area contributed by atoms with Gasteiger partial charge in [-0.2, -0.15) is 0 Å². The second-order valence-electron chi connectivity index (χ2n) is 8.81. The van der Waals surface area contributed by atoms with Crippen molar-refractivity contribution in [3.8, 4) is 16.5 Å². The van der Waals surface area contributed by atoms with Crippen molar-refractivity contribution in [2.45, 2.75) is 37.7 Å². The van der Waals surface area contributed by atoms with Crippen LogP contribution in [0.15, 0.2) is 46.3 Å². The zero-order valence-electron chi connectivity index (χ0n) is 19.4. The number of thiazole rings is 1. The van der Waals surface area contributed by atoms with Crippen LogP contribution in [0, 0.1) is 11.8 Å². The number of halogens is 1. The molecule has 3 atom stereocenters. The third kappa shape index (κ3) is 5.05. The van der Waals surface area contributed by atoms with Gasteiger partial charge < -0.3 is 4.74 Å². The quantitative estimate of drug-likeness (QED) is 0.457. The Bertz CT molecular complexity index is 1170. The van der Waals surface area contributed by atoms with Gasteiger partial charge in [-0.1, -0.05) is 37.3 Å². The second-order valence-corrected chi connectivity index (χ2v) is 10.6. The van der Waals surface area contributed by atoms with Crippen LogP contribution >= 0.6 is 23.1 Å². The molecule has 1 N–H and O–H groups in total. The Labute approximate surface area is 206 Å². The lowest BCUT2D eigenvalue weighted by atomic mass is 9.96. The van der Waals surface area contributed by atoms with Crippen LogP contribution in [0.4, 0.5) is 4.39 Å². The number of hydrogen-bond acceptors (Lipinski definition) is 9. The molecule has 0 amide bonds. The lowest BCUT2D eigenvalue weighted by Crippen LogP contribution is -2.48. The van der Waals surface area contributed by atoms with Crippen molar-refractivity contribution in [1.82, 2.24) is 20.3 Å². The Morgan fingerprint density at radius 2 is 2.06 bits per heavy atom. The SMILES string of the molecule is CSc1ccc(-c2ccc3nc(OCC4CCN(C5N=C(C(C)C)NO5)CC4F)sc3n2)cc1. The fourth-order valence-electron chi connectivity index (χ4n) is 4.03. The van der Waals surface area contributed by atoms with Gasteiger partial charge in [0.25, 0.3) is 5.19 Å². The van der Waals surface area contributed by atoms with E-state index in [0.29, 0.717) is 24.8 Å². The number of piperidine rings is 1. The minimum absolute atomic E-state index is 0.190. The first kappa shape index (κ1) is 23.5. The van der Waals surface area contributed by atoms with Gasteiger partial charge in [0.15, 0.2) is 0 Å². The van der Waals surface area contributed by atoms with E-state index in [-0.39, 0.29) is 18.4 Å². The first-order valence-corrected chi connectivity index (χ1v) is 13.5. The van der Waals surface area contributed by atoms with E-state index in [4.69, 9.17) is 14.6 Å². The van der Waals surface area contributed by atoms with Crippen molar-refractivity contribution < 1.29 is 14.0 Å². The molecule has 0 radical (unpaired) electrons. The number of nitrogens with zero attached hydrogens (tertiary/aromatic N) is 4. The van der Waals surface area contributed by atoms with Crippen LogP contribution in [-0.2, 0) is 4.84 Å². The number of amidine groups is 1. The van der Waals surface area contributed by atoms with Gasteiger partial charge in [-0.05, 0) is 36.9 Å². The standard InChI is InChI=1S/C24H28FN5O2S2/c1-14(2)21-28-23(32-29-21)30-11-10-16(18(25)12-30)13-31-24-27-20-9-8-19(26-22(20)34-24)15-4-6-17(33-3)7-5-15/h4-9,14,16,18,23H,10-13H2,1-3H3,(H,28,29). The molecule has 2 aliphatic rings. The van der Waals surface area contributed by atoms with E-state index in [1.807, 2.05) is 30.9 Å². The number of fused-ring (bicyclic) bond motifs is 1. The lowest BCUT2D eigenvalue weighted by molar-refractivity contribution is -0.0937. The van der Waals surface area contributed by atoms with Crippen LogP contribution in [0.1, 0.15) is 20.3 Å². The first-order valence-electron chi connectivity index (χ1n) is 11.4. The van der Waals surface area contributed by atoms with Crippen molar-refractivity contribution >= 4 is 39.3 Å². The Hall–Kier alpha value is -2.27. The van der Waals surface area contributed by atoms with Crippen LogP contribution in [-0.4, -0.2) is 59.2 Å². The molecule has 2 aromatic heterocycles. The summed E-state index contributed by atoms with van der Waals surface area (Å²) in [6, 6.07) is 12.3. The summed E-state index contributed by atoms with van der Waals surface area (Å²) >= 11 is 3.11. The Kier molecular flexibility index (Phi) is 7.01. The molecular formula is C24H28FN5O2S2. The van der Waals surface area contributed by atoms with E-state index in [0.717, 1.165) is 27.4 Å². The molecule has 3 aromatic rings. The van der Waals surface area contributed by atoms with Gasteiger partial charge in [0, 0.05) is 35.4 Å². The molecule has 180 valence electrons. The highest BCUT2D eigenvalue weighted by Gasteiger charge is 2.35. The number of aromatic nitrogens is 2. The van der Waals surface area contributed by atoms with Gasteiger partial charge in [0.1, 0.15) is 22.4 Å². The summed E-state index contributed by atoms with van der Waals surface area (Å²) in [4.78, 5) is 23.3. The smallest absolute Gasteiger partial charge is 0.275 e. The van der Waals surface area contributed by atoms with Gasteiger partial charge in [0.05, 0.1) is 12.3 Å². The first-order chi connectivity index (χ1) is 16.5. The largest absolute Gasteiger partial charge is 0.470 e.